The third-order valence-electron chi connectivity index (χ3n) is 3.07. The van der Waals surface area contributed by atoms with Gasteiger partial charge in [0.1, 0.15) is 0 Å². The Kier molecular flexibility index (Phi) is 4.23. The minimum Gasteiger partial charge on any atom is -0.399 e. The van der Waals surface area contributed by atoms with Gasteiger partial charge in [0.2, 0.25) is 0 Å². The van der Waals surface area contributed by atoms with Crippen molar-refractivity contribution in [3.8, 4) is 0 Å². The predicted octanol–water partition coefficient (Wildman–Crippen LogP) is 3.02. The number of nitrogen functional groups attached to an aromatic ring is 1. The van der Waals surface area contributed by atoms with Crippen molar-refractivity contribution in [2.75, 3.05) is 18.9 Å². The molecule has 2 rings (SSSR count). The van der Waals surface area contributed by atoms with Crippen LogP contribution < -0.4 is 5.73 Å². The van der Waals surface area contributed by atoms with Crippen molar-refractivity contribution in [2.45, 2.75) is 32.1 Å². The highest BCUT2D eigenvalue weighted by atomic mass is 16.5. The lowest BCUT2D eigenvalue weighted by atomic mass is 10.1. The molecule has 1 aliphatic carbocycles. The summed E-state index contributed by atoms with van der Waals surface area (Å²) in [6, 6.07) is 8.11. The molecular weight excluding hydrogens is 198 g/mol. The molecule has 16 heavy (non-hydrogen) atoms. The van der Waals surface area contributed by atoms with Crippen molar-refractivity contribution in [2.24, 2.45) is 5.92 Å². The molecule has 2 N–H and O–H groups in total. The Bertz CT molecular complexity index is 320. The first-order valence-corrected chi connectivity index (χ1v) is 6.27. The molecule has 1 fully saturated rings. The van der Waals surface area contributed by atoms with Gasteiger partial charge in [-0.25, -0.2) is 0 Å². The minimum absolute atomic E-state index is 0.854. The van der Waals surface area contributed by atoms with E-state index in [4.69, 9.17) is 10.5 Å². The van der Waals surface area contributed by atoms with Crippen molar-refractivity contribution in [3.63, 3.8) is 0 Å². The minimum atomic E-state index is 0.854. The molecule has 0 unspecified atom stereocenters. The smallest absolute Gasteiger partial charge is 0.0469 e. The highest BCUT2D eigenvalue weighted by Crippen LogP contribution is 2.32. The Morgan fingerprint density at radius 3 is 2.88 bits per heavy atom. The largest absolute Gasteiger partial charge is 0.399 e. The first kappa shape index (κ1) is 11.5. The Morgan fingerprint density at radius 2 is 2.12 bits per heavy atom. The number of ether oxygens (including phenoxy) is 1. The molecule has 1 aromatic carbocycles. The quantitative estimate of drug-likeness (QED) is 0.565. The van der Waals surface area contributed by atoms with Gasteiger partial charge in [0.25, 0.3) is 0 Å². The standard InChI is InChI=1S/C14H21NO/c15-14-5-1-3-13(11-14)4-2-9-16-10-8-12-6-7-12/h1,3,5,11-12H,2,4,6-10,15H2. The second-order valence-corrected chi connectivity index (χ2v) is 4.69. The number of hydrogen-bond donors (Lipinski definition) is 1. The summed E-state index contributed by atoms with van der Waals surface area (Å²) in [4.78, 5) is 0. The highest BCUT2D eigenvalue weighted by Gasteiger charge is 2.20. The molecule has 0 saturated heterocycles. The molecule has 0 spiro atoms. The molecule has 0 aromatic heterocycles. The normalized spacial score (nSPS) is 15.2. The third-order valence-corrected chi connectivity index (χ3v) is 3.07. The Balaban J connectivity index is 1.53. The van der Waals surface area contributed by atoms with Crippen molar-refractivity contribution >= 4 is 5.69 Å². The van der Waals surface area contributed by atoms with Gasteiger partial charge in [-0.2, -0.15) is 0 Å². The zero-order valence-electron chi connectivity index (χ0n) is 9.82. The van der Waals surface area contributed by atoms with E-state index in [1.165, 1.54) is 24.8 Å². The van der Waals surface area contributed by atoms with Gasteiger partial charge in [-0.1, -0.05) is 25.0 Å². The third kappa shape index (κ3) is 4.23. The first-order chi connectivity index (χ1) is 7.84. The molecule has 0 aliphatic heterocycles. The van der Waals surface area contributed by atoms with Gasteiger partial charge < -0.3 is 10.5 Å². The van der Waals surface area contributed by atoms with Crippen LogP contribution in [0.25, 0.3) is 0 Å². The zero-order valence-corrected chi connectivity index (χ0v) is 9.82. The lowest BCUT2D eigenvalue weighted by molar-refractivity contribution is 0.126. The van der Waals surface area contributed by atoms with E-state index in [0.29, 0.717) is 0 Å². The average Bonchev–Trinajstić information content (AvgIpc) is 3.07. The number of rotatable bonds is 7. The van der Waals surface area contributed by atoms with Crippen LogP contribution in [0.15, 0.2) is 24.3 Å². The van der Waals surface area contributed by atoms with Crippen molar-refractivity contribution in [1.29, 1.82) is 0 Å². The predicted molar refractivity (Wildman–Crippen MR) is 67.3 cm³/mol. The maximum Gasteiger partial charge on any atom is 0.0469 e. The van der Waals surface area contributed by atoms with Gasteiger partial charge in [-0.15, -0.1) is 0 Å². The molecule has 1 aromatic rings. The van der Waals surface area contributed by atoms with Gasteiger partial charge in [0, 0.05) is 18.9 Å². The summed E-state index contributed by atoms with van der Waals surface area (Å²) in [5.41, 5.74) is 7.88. The fourth-order valence-corrected chi connectivity index (χ4v) is 1.89. The molecular formula is C14H21NO. The van der Waals surface area contributed by atoms with Gasteiger partial charge in [0.05, 0.1) is 0 Å². The fraction of sp³-hybridized carbons (Fsp3) is 0.571. The molecule has 0 radical (unpaired) electrons. The van der Waals surface area contributed by atoms with E-state index in [9.17, 15) is 0 Å². The van der Waals surface area contributed by atoms with Gasteiger partial charge in [0.15, 0.2) is 0 Å². The van der Waals surface area contributed by atoms with E-state index >= 15 is 0 Å². The first-order valence-electron chi connectivity index (χ1n) is 6.27. The van der Waals surface area contributed by atoms with E-state index in [1.807, 2.05) is 18.2 Å². The Hall–Kier alpha value is -1.02. The van der Waals surface area contributed by atoms with Crippen LogP contribution in [0.3, 0.4) is 0 Å². The number of aryl methyl sites for hydroxylation is 1. The molecule has 2 heteroatoms. The van der Waals surface area contributed by atoms with Crippen LogP contribution in [-0.4, -0.2) is 13.2 Å². The maximum absolute atomic E-state index is 5.72. The molecule has 0 heterocycles. The average molecular weight is 219 g/mol. The SMILES string of the molecule is Nc1cccc(CCCOCCC2CC2)c1. The lowest BCUT2D eigenvalue weighted by Gasteiger charge is -2.04. The molecule has 88 valence electrons. The fourth-order valence-electron chi connectivity index (χ4n) is 1.89. The van der Waals surface area contributed by atoms with Crippen LogP contribution in [0.5, 0.6) is 0 Å². The topological polar surface area (TPSA) is 35.2 Å². The van der Waals surface area contributed by atoms with E-state index < -0.39 is 0 Å². The molecule has 0 amide bonds. The molecule has 0 bridgehead atoms. The number of nitrogens with two attached hydrogens (primary N) is 1. The van der Waals surface area contributed by atoms with Crippen LogP contribution >= 0.6 is 0 Å². The zero-order chi connectivity index (χ0) is 11.2. The lowest BCUT2D eigenvalue weighted by Crippen LogP contribution is -1.99. The van der Waals surface area contributed by atoms with Crippen LogP contribution in [0.1, 0.15) is 31.2 Å². The van der Waals surface area contributed by atoms with Gasteiger partial charge in [-0.05, 0) is 42.9 Å². The van der Waals surface area contributed by atoms with Crippen LogP contribution in [-0.2, 0) is 11.2 Å². The van der Waals surface area contributed by atoms with Crippen molar-refractivity contribution in [1.82, 2.24) is 0 Å². The van der Waals surface area contributed by atoms with Gasteiger partial charge >= 0.3 is 0 Å². The summed E-state index contributed by atoms with van der Waals surface area (Å²) in [7, 11) is 0. The van der Waals surface area contributed by atoms with Gasteiger partial charge in [-0.3, -0.25) is 0 Å². The van der Waals surface area contributed by atoms with E-state index in [0.717, 1.165) is 37.7 Å². The van der Waals surface area contributed by atoms with Crippen LogP contribution in [0, 0.1) is 5.92 Å². The summed E-state index contributed by atoms with van der Waals surface area (Å²) in [5.74, 6) is 0.980. The monoisotopic (exact) mass is 219 g/mol. The molecule has 1 aliphatic rings. The summed E-state index contributed by atoms with van der Waals surface area (Å²) in [6.07, 6.45) is 6.26. The Labute approximate surface area is 97.8 Å². The summed E-state index contributed by atoms with van der Waals surface area (Å²) in [5, 5.41) is 0. The Morgan fingerprint density at radius 1 is 1.25 bits per heavy atom. The summed E-state index contributed by atoms with van der Waals surface area (Å²) >= 11 is 0. The number of anilines is 1. The summed E-state index contributed by atoms with van der Waals surface area (Å²) < 4.78 is 5.61. The van der Waals surface area contributed by atoms with E-state index in [2.05, 4.69) is 6.07 Å². The second kappa shape index (κ2) is 5.90. The highest BCUT2D eigenvalue weighted by molar-refractivity contribution is 5.40. The van der Waals surface area contributed by atoms with Crippen LogP contribution in [0.2, 0.25) is 0 Å². The van der Waals surface area contributed by atoms with Crippen molar-refractivity contribution < 1.29 is 4.74 Å². The second-order valence-electron chi connectivity index (χ2n) is 4.69. The maximum atomic E-state index is 5.72. The van der Waals surface area contributed by atoms with Crippen molar-refractivity contribution in [3.05, 3.63) is 29.8 Å². The molecule has 0 atom stereocenters. The number of hydrogen-bond acceptors (Lipinski definition) is 2. The van der Waals surface area contributed by atoms with E-state index in [1.54, 1.807) is 0 Å². The number of benzene rings is 1. The van der Waals surface area contributed by atoms with Crippen LogP contribution in [0.4, 0.5) is 5.69 Å². The molecule has 2 nitrogen and oxygen atoms in total. The summed E-state index contributed by atoms with van der Waals surface area (Å²) in [6.45, 7) is 1.82. The van der Waals surface area contributed by atoms with E-state index in [-0.39, 0.29) is 0 Å². The molecule has 1 saturated carbocycles.